The summed E-state index contributed by atoms with van der Waals surface area (Å²) in [7, 11) is 0. The first-order valence-corrected chi connectivity index (χ1v) is 4.37. The van der Waals surface area contributed by atoms with Crippen LogP contribution in [-0.4, -0.2) is 0 Å². The standard InChI is InChI=1S/C11H10Cl/c1-2-3-4-6-10-7-5-8-11(12)9-10/h5,7,9H,2-3H2,1H3. The molecule has 0 aliphatic rings. The lowest BCUT2D eigenvalue weighted by Gasteiger charge is -1.89. The summed E-state index contributed by atoms with van der Waals surface area (Å²) in [5.74, 6) is 6.09. The van der Waals surface area contributed by atoms with E-state index >= 15 is 0 Å². The zero-order valence-corrected chi connectivity index (χ0v) is 7.78. The Kier molecular flexibility index (Phi) is 3.70. The van der Waals surface area contributed by atoms with Crippen molar-refractivity contribution in [3.05, 3.63) is 34.9 Å². The third-order valence-corrected chi connectivity index (χ3v) is 1.59. The highest BCUT2D eigenvalue weighted by Crippen LogP contribution is 2.08. The van der Waals surface area contributed by atoms with Crippen LogP contribution in [0.2, 0.25) is 5.02 Å². The number of halogens is 1. The number of hydrogen-bond donors (Lipinski definition) is 0. The monoisotopic (exact) mass is 177 g/mol. The minimum atomic E-state index is 0.623. The zero-order chi connectivity index (χ0) is 8.81. The van der Waals surface area contributed by atoms with Crippen LogP contribution in [0.1, 0.15) is 25.3 Å². The molecule has 0 unspecified atom stereocenters. The number of unbranched alkanes of at least 4 members (excludes halogenated alkanes) is 1. The van der Waals surface area contributed by atoms with Crippen molar-refractivity contribution in [3.8, 4) is 11.8 Å². The van der Waals surface area contributed by atoms with Crippen molar-refractivity contribution in [1.29, 1.82) is 0 Å². The molecule has 0 aliphatic heterocycles. The molecule has 0 saturated heterocycles. The fourth-order valence-corrected chi connectivity index (χ4v) is 0.985. The van der Waals surface area contributed by atoms with Crippen LogP contribution in [0.25, 0.3) is 0 Å². The molecule has 12 heavy (non-hydrogen) atoms. The number of benzene rings is 1. The largest absolute Gasteiger partial charge is 0.0979 e. The van der Waals surface area contributed by atoms with Crippen molar-refractivity contribution >= 4 is 11.6 Å². The van der Waals surface area contributed by atoms with Crippen LogP contribution in [0.5, 0.6) is 0 Å². The Bertz CT molecular complexity index is 304. The van der Waals surface area contributed by atoms with Gasteiger partial charge in [0, 0.05) is 23.1 Å². The lowest BCUT2D eigenvalue weighted by molar-refractivity contribution is 0.983. The quantitative estimate of drug-likeness (QED) is 0.578. The van der Waals surface area contributed by atoms with Gasteiger partial charge in [-0.2, -0.15) is 0 Å². The van der Waals surface area contributed by atoms with Gasteiger partial charge in [-0.3, -0.25) is 0 Å². The third-order valence-electron chi connectivity index (χ3n) is 1.37. The maximum absolute atomic E-state index is 5.73. The van der Waals surface area contributed by atoms with Gasteiger partial charge in [0.15, 0.2) is 0 Å². The average Bonchev–Trinajstić information content (AvgIpc) is 2.05. The van der Waals surface area contributed by atoms with Gasteiger partial charge in [0.2, 0.25) is 0 Å². The molecule has 0 aliphatic carbocycles. The Morgan fingerprint density at radius 3 is 3.08 bits per heavy atom. The Hall–Kier alpha value is -0.930. The van der Waals surface area contributed by atoms with Crippen LogP contribution in [0.15, 0.2) is 18.2 Å². The molecule has 0 spiro atoms. The van der Waals surface area contributed by atoms with E-state index in [0.717, 1.165) is 18.4 Å². The molecule has 0 heterocycles. The van der Waals surface area contributed by atoms with E-state index in [1.807, 2.05) is 12.1 Å². The molecular weight excluding hydrogens is 168 g/mol. The van der Waals surface area contributed by atoms with E-state index in [-0.39, 0.29) is 0 Å². The first-order chi connectivity index (χ1) is 5.83. The third kappa shape index (κ3) is 2.98. The highest BCUT2D eigenvalue weighted by atomic mass is 35.5. The highest BCUT2D eigenvalue weighted by molar-refractivity contribution is 6.30. The minimum Gasteiger partial charge on any atom is -0.0979 e. The molecule has 61 valence electrons. The summed E-state index contributed by atoms with van der Waals surface area (Å²) in [6, 6.07) is 8.38. The number of hydrogen-bond acceptors (Lipinski definition) is 0. The van der Waals surface area contributed by atoms with Gasteiger partial charge < -0.3 is 0 Å². The summed E-state index contributed by atoms with van der Waals surface area (Å²) in [4.78, 5) is 0. The average molecular weight is 178 g/mol. The van der Waals surface area contributed by atoms with Crippen LogP contribution in [0, 0.1) is 17.9 Å². The van der Waals surface area contributed by atoms with E-state index in [9.17, 15) is 0 Å². The normalized spacial score (nSPS) is 8.83. The molecule has 0 amide bonds. The molecule has 0 saturated carbocycles. The Balaban J connectivity index is 2.71. The highest BCUT2D eigenvalue weighted by Gasteiger charge is 1.87. The van der Waals surface area contributed by atoms with Gasteiger partial charge in [0.1, 0.15) is 0 Å². The summed E-state index contributed by atoms with van der Waals surface area (Å²) in [5.41, 5.74) is 0.965. The molecule has 1 aromatic rings. The van der Waals surface area contributed by atoms with Crippen molar-refractivity contribution in [2.24, 2.45) is 0 Å². The topological polar surface area (TPSA) is 0 Å². The second-order valence-corrected chi connectivity index (χ2v) is 2.88. The maximum Gasteiger partial charge on any atom is 0.0497 e. The molecule has 1 rings (SSSR count). The van der Waals surface area contributed by atoms with Crippen molar-refractivity contribution in [2.75, 3.05) is 0 Å². The van der Waals surface area contributed by atoms with Crippen molar-refractivity contribution < 1.29 is 0 Å². The zero-order valence-electron chi connectivity index (χ0n) is 7.02. The van der Waals surface area contributed by atoms with Crippen molar-refractivity contribution in [2.45, 2.75) is 19.8 Å². The molecule has 0 nitrogen and oxygen atoms in total. The van der Waals surface area contributed by atoms with Gasteiger partial charge in [-0.15, -0.1) is 0 Å². The molecule has 0 bridgehead atoms. The second-order valence-electron chi connectivity index (χ2n) is 2.48. The molecule has 0 aromatic heterocycles. The Morgan fingerprint density at radius 2 is 2.42 bits per heavy atom. The molecule has 1 heteroatoms. The van der Waals surface area contributed by atoms with Crippen LogP contribution in [0.4, 0.5) is 0 Å². The smallest absolute Gasteiger partial charge is 0.0497 e. The Morgan fingerprint density at radius 1 is 1.58 bits per heavy atom. The molecule has 0 fully saturated rings. The van der Waals surface area contributed by atoms with Crippen LogP contribution >= 0.6 is 11.6 Å². The fraction of sp³-hybridized carbons (Fsp3) is 0.273. The summed E-state index contributed by atoms with van der Waals surface area (Å²) in [6.07, 6.45) is 2.04. The van der Waals surface area contributed by atoms with Crippen molar-refractivity contribution in [3.63, 3.8) is 0 Å². The lowest BCUT2D eigenvalue weighted by Crippen LogP contribution is -1.73. The van der Waals surface area contributed by atoms with Gasteiger partial charge in [-0.25, -0.2) is 0 Å². The molecule has 0 atom stereocenters. The maximum atomic E-state index is 5.73. The van der Waals surface area contributed by atoms with Gasteiger partial charge >= 0.3 is 0 Å². The van der Waals surface area contributed by atoms with Gasteiger partial charge in [-0.1, -0.05) is 36.4 Å². The van der Waals surface area contributed by atoms with E-state index in [1.54, 1.807) is 6.07 Å². The summed E-state index contributed by atoms with van der Waals surface area (Å²) in [6.45, 7) is 2.11. The van der Waals surface area contributed by atoms with Crippen LogP contribution in [0.3, 0.4) is 0 Å². The fourth-order valence-electron chi connectivity index (χ4n) is 0.805. The van der Waals surface area contributed by atoms with E-state index < -0.39 is 0 Å². The van der Waals surface area contributed by atoms with E-state index in [0.29, 0.717) is 5.02 Å². The minimum absolute atomic E-state index is 0.623. The summed E-state index contributed by atoms with van der Waals surface area (Å²) >= 11 is 5.73. The summed E-state index contributed by atoms with van der Waals surface area (Å²) in [5, 5.41) is 0.623. The predicted octanol–water partition coefficient (Wildman–Crippen LogP) is 3.29. The first kappa shape index (κ1) is 9.16. The molecular formula is C11H10Cl. The van der Waals surface area contributed by atoms with Gasteiger partial charge in [0.25, 0.3) is 0 Å². The second kappa shape index (κ2) is 4.85. The Labute approximate surface area is 78.6 Å². The van der Waals surface area contributed by atoms with Gasteiger partial charge in [-0.05, 0) is 18.6 Å². The molecule has 1 aromatic carbocycles. The molecule has 1 radical (unpaired) electrons. The first-order valence-electron chi connectivity index (χ1n) is 3.99. The summed E-state index contributed by atoms with van der Waals surface area (Å²) < 4.78 is 0. The van der Waals surface area contributed by atoms with E-state index in [2.05, 4.69) is 24.8 Å². The SMILES string of the molecule is CCCC#Cc1cc[c]c(Cl)c1. The lowest BCUT2D eigenvalue weighted by atomic mass is 10.2. The van der Waals surface area contributed by atoms with Gasteiger partial charge in [0.05, 0.1) is 0 Å². The van der Waals surface area contributed by atoms with Crippen LogP contribution < -0.4 is 0 Å². The van der Waals surface area contributed by atoms with Crippen LogP contribution in [-0.2, 0) is 0 Å². The van der Waals surface area contributed by atoms with Crippen molar-refractivity contribution in [1.82, 2.24) is 0 Å². The van der Waals surface area contributed by atoms with E-state index in [1.165, 1.54) is 0 Å². The number of rotatable bonds is 1. The predicted molar refractivity (Wildman–Crippen MR) is 52.1 cm³/mol. The van der Waals surface area contributed by atoms with E-state index in [4.69, 9.17) is 11.6 Å². The molecule has 0 N–H and O–H groups in total.